The van der Waals surface area contributed by atoms with Gasteiger partial charge in [-0.05, 0) is 24.3 Å². The van der Waals surface area contributed by atoms with Crippen molar-refractivity contribution in [3.05, 3.63) is 58.5 Å². The number of aromatic nitrogens is 1. The highest BCUT2D eigenvalue weighted by molar-refractivity contribution is 5.94. The third kappa shape index (κ3) is 5.35. The fourth-order valence-electron chi connectivity index (χ4n) is 2.35. The highest BCUT2D eigenvalue weighted by atomic mass is 19.4. The number of nitrogens with zero attached hydrogens (tertiary/aromatic N) is 2. The van der Waals surface area contributed by atoms with Crippen molar-refractivity contribution >= 4 is 17.5 Å². The molecule has 1 aromatic carbocycles. The molecule has 150 valence electrons. The Morgan fingerprint density at radius 3 is 2.57 bits per heavy atom. The lowest BCUT2D eigenvalue weighted by molar-refractivity contribution is -0.139. The fraction of sp³-hybridized carbons (Fsp3) is 0.278. The molecule has 2 rings (SSSR count). The lowest BCUT2D eigenvalue weighted by atomic mass is 10.2. The van der Waals surface area contributed by atoms with Crippen LogP contribution in [0.3, 0.4) is 0 Å². The van der Waals surface area contributed by atoms with Crippen molar-refractivity contribution in [1.29, 1.82) is 0 Å². The molecule has 0 aliphatic heterocycles. The van der Waals surface area contributed by atoms with Crippen molar-refractivity contribution in [2.75, 3.05) is 26.0 Å². The van der Waals surface area contributed by atoms with Gasteiger partial charge in [0, 0.05) is 25.0 Å². The van der Waals surface area contributed by atoms with E-state index in [0.717, 1.165) is 17.2 Å². The molecule has 28 heavy (non-hydrogen) atoms. The Morgan fingerprint density at radius 2 is 1.93 bits per heavy atom. The van der Waals surface area contributed by atoms with Crippen LogP contribution in [0.1, 0.15) is 5.56 Å². The summed E-state index contributed by atoms with van der Waals surface area (Å²) in [4.78, 5) is 37.2. The second-order valence-corrected chi connectivity index (χ2v) is 5.88. The molecule has 0 fully saturated rings. The average Bonchev–Trinajstić information content (AvgIpc) is 2.62. The first-order chi connectivity index (χ1) is 13.1. The van der Waals surface area contributed by atoms with Crippen LogP contribution in [-0.2, 0) is 22.3 Å². The smallest absolute Gasteiger partial charge is 0.421 e. The predicted octanol–water partition coefficient (Wildman–Crippen LogP) is 1.97. The number of ether oxygens (including phenoxy) is 1. The summed E-state index contributed by atoms with van der Waals surface area (Å²) in [5, 5.41) is 2.58. The van der Waals surface area contributed by atoms with E-state index in [-0.39, 0.29) is 6.54 Å². The van der Waals surface area contributed by atoms with Gasteiger partial charge in [0.25, 0.3) is 5.56 Å². The lowest BCUT2D eigenvalue weighted by Crippen LogP contribution is -2.39. The van der Waals surface area contributed by atoms with Crippen molar-refractivity contribution in [3.8, 4) is 5.75 Å². The van der Waals surface area contributed by atoms with E-state index in [0.29, 0.717) is 22.1 Å². The Balaban J connectivity index is 2.01. The fourth-order valence-corrected chi connectivity index (χ4v) is 2.35. The monoisotopic (exact) mass is 397 g/mol. The number of methoxy groups -OCH3 is 1. The van der Waals surface area contributed by atoms with Crippen molar-refractivity contribution in [2.45, 2.75) is 12.7 Å². The number of alkyl halides is 3. The van der Waals surface area contributed by atoms with E-state index in [2.05, 4.69) is 5.32 Å². The van der Waals surface area contributed by atoms with Crippen LogP contribution in [0.15, 0.2) is 47.4 Å². The minimum atomic E-state index is -4.81. The number of benzene rings is 1. The molecule has 0 saturated carbocycles. The number of halogens is 3. The number of carbonyl (C=O) groups is 2. The molecule has 0 unspecified atom stereocenters. The van der Waals surface area contributed by atoms with Crippen molar-refractivity contribution in [1.82, 2.24) is 9.47 Å². The third-order valence-corrected chi connectivity index (χ3v) is 3.79. The van der Waals surface area contributed by atoms with E-state index >= 15 is 0 Å². The average molecular weight is 397 g/mol. The maximum atomic E-state index is 12.8. The maximum absolute atomic E-state index is 12.8. The molecule has 1 aromatic heterocycles. The molecule has 2 amide bonds. The molecule has 2 aromatic rings. The summed E-state index contributed by atoms with van der Waals surface area (Å²) in [6.07, 6.45) is -3.73. The molecule has 0 aliphatic rings. The SMILES string of the molecule is COc1cccc(NC(=O)CN(C)C(=O)Cn2cccc(C(F)(F)F)c2=O)c1. The number of amides is 2. The second kappa shape index (κ2) is 8.59. The second-order valence-electron chi connectivity index (χ2n) is 5.88. The molecule has 1 N–H and O–H groups in total. The number of pyridine rings is 1. The molecule has 7 nitrogen and oxygen atoms in total. The summed E-state index contributed by atoms with van der Waals surface area (Å²) in [7, 11) is 2.79. The molecule has 0 aliphatic carbocycles. The normalized spacial score (nSPS) is 11.0. The Morgan fingerprint density at radius 1 is 1.21 bits per heavy atom. The number of nitrogens with one attached hydrogen (secondary N) is 1. The first-order valence-electron chi connectivity index (χ1n) is 8.06. The van der Waals surface area contributed by atoms with Crippen LogP contribution in [0.4, 0.5) is 18.9 Å². The summed E-state index contributed by atoms with van der Waals surface area (Å²) in [5.74, 6) is -0.672. The standard InChI is InChI=1S/C18H18F3N3O4/c1-23(10-15(25)22-12-5-3-6-13(9-12)28-2)16(26)11-24-8-4-7-14(17(24)27)18(19,20)21/h3-9H,10-11H2,1-2H3,(H,22,25). The topological polar surface area (TPSA) is 80.6 Å². The summed E-state index contributed by atoms with van der Waals surface area (Å²) >= 11 is 0. The van der Waals surface area contributed by atoms with Crippen LogP contribution in [0.5, 0.6) is 5.75 Å². The quantitative estimate of drug-likeness (QED) is 0.808. The van der Waals surface area contributed by atoms with Crippen molar-refractivity contribution in [2.24, 2.45) is 0 Å². The Bertz CT molecular complexity index is 925. The van der Waals surface area contributed by atoms with Crippen LogP contribution >= 0.6 is 0 Å². The van der Waals surface area contributed by atoms with Gasteiger partial charge in [-0.2, -0.15) is 13.2 Å². The van der Waals surface area contributed by atoms with Gasteiger partial charge in [0.2, 0.25) is 11.8 Å². The zero-order valence-electron chi connectivity index (χ0n) is 15.1. The third-order valence-electron chi connectivity index (χ3n) is 3.79. The number of hydrogen-bond acceptors (Lipinski definition) is 4. The molecule has 0 bridgehead atoms. The number of likely N-dealkylation sites (N-methyl/N-ethyl adjacent to an activating group) is 1. The molecule has 1 heterocycles. The van der Waals surface area contributed by atoms with Crippen LogP contribution in [0, 0.1) is 0 Å². The highest BCUT2D eigenvalue weighted by Gasteiger charge is 2.34. The molecule has 0 atom stereocenters. The summed E-state index contributed by atoms with van der Waals surface area (Å²) in [6, 6.07) is 8.26. The van der Waals surface area contributed by atoms with Crippen LogP contribution in [0.25, 0.3) is 0 Å². The van der Waals surface area contributed by atoms with Crippen LogP contribution in [-0.4, -0.2) is 42.0 Å². The van der Waals surface area contributed by atoms with Gasteiger partial charge in [0.1, 0.15) is 17.9 Å². The van der Waals surface area contributed by atoms with Gasteiger partial charge in [0.05, 0.1) is 13.7 Å². The zero-order valence-corrected chi connectivity index (χ0v) is 15.1. The van der Waals surface area contributed by atoms with E-state index in [1.54, 1.807) is 24.3 Å². The van der Waals surface area contributed by atoms with Gasteiger partial charge in [0.15, 0.2) is 0 Å². The summed E-state index contributed by atoms with van der Waals surface area (Å²) in [5.41, 5.74) is -2.22. The van der Waals surface area contributed by atoms with Gasteiger partial charge >= 0.3 is 6.18 Å². The number of hydrogen-bond donors (Lipinski definition) is 1. The molecule has 10 heteroatoms. The van der Waals surface area contributed by atoms with Gasteiger partial charge in [-0.3, -0.25) is 14.4 Å². The lowest BCUT2D eigenvalue weighted by Gasteiger charge is -2.18. The molecular weight excluding hydrogens is 379 g/mol. The molecule has 0 saturated heterocycles. The van der Waals surface area contributed by atoms with E-state index in [4.69, 9.17) is 4.74 Å². The maximum Gasteiger partial charge on any atom is 0.421 e. The Hall–Kier alpha value is -3.30. The molecule has 0 spiro atoms. The highest BCUT2D eigenvalue weighted by Crippen LogP contribution is 2.26. The largest absolute Gasteiger partial charge is 0.497 e. The minimum Gasteiger partial charge on any atom is -0.497 e. The minimum absolute atomic E-state index is 0.343. The van der Waals surface area contributed by atoms with Crippen molar-refractivity contribution < 1.29 is 27.5 Å². The first kappa shape index (κ1) is 21.0. The van der Waals surface area contributed by atoms with E-state index in [1.807, 2.05) is 0 Å². The Labute approximate surface area is 158 Å². The predicted molar refractivity (Wildman–Crippen MR) is 95.0 cm³/mol. The summed E-state index contributed by atoms with van der Waals surface area (Å²) in [6.45, 7) is -0.963. The number of rotatable bonds is 6. The van der Waals surface area contributed by atoms with E-state index < -0.39 is 35.7 Å². The Kier molecular flexibility index (Phi) is 6.45. The number of carbonyl (C=O) groups excluding carboxylic acids is 2. The molecule has 0 radical (unpaired) electrons. The van der Waals surface area contributed by atoms with Gasteiger partial charge < -0.3 is 19.5 Å². The van der Waals surface area contributed by atoms with E-state index in [1.165, 1.54) is 14.2 Å². The van der Waals surface area contributed by atoms with E-state index in [9.17, 15) is 27.6 Å². The van der Waals surface area contributed by atoms with Gasteiger partial charge in [-0.1, -0.05) is 6.07 Å². The van der Waals surface area contributed by atoms with Crippen LogP contribution in [0.2, 0.25) is 0 Å². The van der Waals surface area contributed by atoms with Crippen LogP contribution < -0.4 is 15.6 Å². The number of anilines is 1. The van der Waals surface area contributed by atoms with Gasteiger partial charge in [-0.25, -0.2) is 0 Å². The van der Waals surface area contributed by atoms with Gasteiger partial charge in [-0.15, -0.1) is 0 Å². The zero-order chi connectivity index (χ0) is 20.9. The van der Waals surface area contributed by atoms with Crippen molar-refractivity contribution in [3.63, 3.8) is 0 Å². The first-order valence-corrected chi connectivity index (χ1v) is 8.06. The molecular formula is C18H18F3N3O4. The summed E-state index contributed by atoms with van der Waals surface area (Å²) < 4.78 is 44.1.